The van der Waals surface area contributed by atoms with E-state index >= 15 is 0 Å². The zero-order chi connectivity index (χ0) is 13.6. The molecule has 0 spiro atoms. The first kappa shape index (κ1) is 12.0. The molecule has 1 aromatic heterocycles. The van der Waals surface area contributed by atoms with Crippen molar-refractivity contribution in [1.29, 1.82) is 0 Å². The van der Waals surface area contributed by atoms with Crippen LogP contribution in [0.25, 0.3) is 0 Å². The lowest BCUT2D eigenvalue weighted by molar-refractivity contribution is 0.348. The molecule has 0 amide bonds. The van der Waals surface area contributed by atoms with Crippen LogP contribution in [0.15, 0.2) is 14.4 Å². The maximum absolute atomic E-state index is 12.1. The van der Waals surface area contributed by atoms with Gasteiger partial charge in [-0.25, -0.2) is 23.5 Å². The SMILES string of the molecule is C#Cn1c(=O)n(CC2CO2)c(=O)n(CC2CO2)c1=O. The number of hydrogen-bond acceptors (Lipinski definition) is 5. The highest BCUT2D eigenvalue weighted by molar-refractivity contribution is 4.95. The smallest absolute Gasteiger partial charge is 0.348 e. The van der Waals surface area contributed by atoms with E-state index in [2.05, 4.69) is 0 Å². The van der Waals surface area contributed by atoms with Gasteiger partial charge in [0.05, 0.1) is 38.5 Å². The van der Waals surface area contributed by atoms with Crippen molar-refractivity contribution < 1.29 is 9.47 Å². The molecule has 2 fully saturated rings. The monoisotopic (exact) mass is 265 g/mol. The first-order valence-corrected chi connectivity index (χ1v) is 5.78. The van der Waals surface area contributed by atoms with Gasteiger partial charge >= 0.3 is 17.1 Å². The molecule has 2 aliphatic heterocycles. The normalized spacial score (nSPS) is 23.9. The summed E-state index contributed by atoms with van der Waals surface area (Å²) in [6, 6.07) is 1.99. The van der Waals surface area contributed by atoms with Crippen LogP contribution in [0.2, 0.25) is 0 Å². The van der Waals surface area contributed by atoms with Crippen LogP contribution in [0.4, 0.5) is 0 Å². The second-order valence-electron chi connectivity index (χ2n) is 4.44. The van der Waals surface area contributed by atoms with Crippen LogP contribution in [0.1, 0.15) is 0 Å². The second kappa shape index (κ2) is 4.22. The quantitative estimate of drug-likeness (QED) is 0.440. The van der Waals surface area contributed by atoms with Crippen molar-refractivity contribution in [2.75, 3.05) is 13.2 Å². The predicted molar refractivity (Wildman–Crippen MR) is 62.9 cm³/mol. The van der Waals surface area contributed by atoms with Crippen molar-refractivity contribution in [3.8, 4) is 12.5 Å². The van der Waals surface area contributed by atoms with E-state index < -0.39 is 17.1 Å². The third kappa shape index (κ3) is 2.14. The van der Waals surface area contributed by atoms with Crippen LogP contribution in [0, 0.1) is 12.5 Å². The maximum Gasteiger partial charge on any atom is 0.348 e. The standard InChI is InChI=1S/C11H11N3O5/c1-2-12-9(15)13(3-7-5-18-7)11(17)14(10(12)16)4-8-6-19-8/h1,7-8H,3-6H2. The van der Waals surface area contributed by atoms with E-state index in [9.17, 15) is 14.4 Å². The van der Waals surface area contributed by atoms with E-state index in [1.54, 1.807) is 0 Å². The Labute approximate surface area is 106 Å². The molecule has 100 valence electrons. The first-order chi connectivity index (χ1) is 9.11. The number of nitrogens with zero attached hydrogens (tertiary/aromatic N) is 3. The van der Waals surface area contributed by atoms with Crippen LogP contribution < -0.4 is 17.1 Å². The molecular formula is C11H11N3O5. The third-order valence-electron chi connectivity index (χ3n) is 3.01. The molecule has 8 nitrogen and oxygen atoms in total. The second-order valence-corrected chi connectivity index (χ2v) is 4.44. The molecule has 3 heterocycles. The molecule has 2 aliphatic rings. The predicted octanol–water partition coefficient (Wildman–Crippen LogP) is -2.59. The van der Waals surface area contributed by atoms with Crippen molar-refractivity contribution >= 4 is 0 Å². The van der Waals surface area contributed by atoms with Crippen molar-refractivity contribution in [1.82, 2.24) is 13.7 Å². The van der Waals surface area contributed by atoms with Gasteiger partial charge in [0, 0.05) is 6.04 Å². The Morgan fingerprint density at radius 2 is 1.42 bits per heavy atom. The molecule has 0 N–H and O–H groups in total. The Morgan fingerprint density at radius 3 is 1.74 bits per heavy atom. The van der Waals surface area contributed by atoms with Crippen molar-refractivity contribution in [3.05, 3.63) is 31.5 Å². The lowest BCUT2D eigenvalue weighted by atomic mass is 10.4. The molecule has 2 saturated heterocycles. The van der Waals surface area contributed by atoms with Gasteiger partial charge in [0.25, 0.3) is 0 Å². The van der Waals surface area contributed by atoms with E-state index in [0.717, 1.165) is 9.13 Å². The molecule has 8 heteroatoms. The minimum absolute atomic E-state index is 0.102. The molecule has 3 rings (SSSR count). The van der Waals surface area contributed by atoms with Crippen molar-refractivity contribution in [3.63, 3.8) is 0 Å². The van der Waals surface area contributed by atoms with Gasteiger partial charge in [-0.15, -0.1) is 0 Å². The largest absolute Gasteiger partial charge is 0.371 e. The summed E-state index contributed by atoms with van der Waals surface area (Å²) >= 11 is 0. The van der Waals surface area contributed by atoms with E-state index in [1.165, 1.54) is 0 Å². The lowest BCUT2D eigenvalue weighted by Crippen LogP contribution is -2.54. The van der Waals surface area contributed by atoms with Gasteiger partial charge < -0.3 is 9.47 Å². The van der Waals surface area contributed by atoms with E-state index in [1.807, 2.05) is 6.04 Å². The molecule has 1 aromatic rings. The average Bonchev–Trinajstić information content (AvgIpc) is 3.25. The summed E-state index contributed by atoms with van der Waals surface area (Å²) in [4.78, 5) is 36.0. The van der Waals surface area contributed by atoms with Crippen molar-refractivity contribution in [2.24, 2.45) is 0 Å². The zero-order valence-electron chi connectivity index (χ0n) is 9.94. The fourth-order valence-electron chi connectivity index (χ4n) is 1.81. The average molecular weight is 265 g/mol. The zero-order valence-corrected chi connectivity index (χ0v) is 9.94. The Kier molecular flexibility index (Phi) is 2.66. The summed E-state index contributed by atoms with van der Waals surface area (Å²) in [5.41, 5.74) is -2.28. The van der Waals surface area contributed by atoms with Gasteiger partial charge in [-0.1, -0.05) is 6.42 Å². The van der Waals surface area contributed by atoms with Gasteiger partial charge in [0.1, 0.15) is 0 Å². The van der Waals surface area contributed by atoms with Gasteiger partial charge in [0.15, 0.2) is 0 Å². The third-order valence-corrected chi connectivity index (χ3v) is 3.01. The summed E-state index contributed by atoms with van der Waals surface area (Å²) in [5.74, 6) is 0. The van der Waals surface area contributed by atoms with Crippen LogP contribution in [0.5, 0.6) is 0 Å². The topological polar surface area (TPSA) is 91.1 Å². The molecule has 0 aromatic carbocycles. The number of ether oxygens (including phenoxy) is 2. The number of terminal acetylenes is 1. The lowest BCUT2D eigenvalue weighted by Gasteiger charge is -2.09. The molecular weight excluding hydrogens is 254 g/mol. The molecule has 2 unspecified atom stereocenters. The summed E-state index contributed by atoms with van der Waals surface area (Å²) in [7, 11) is 0. The van der Waals surface area contributed by atoms with Gasteiger partial charge in [-0.2, -0.15) is 4.57 Å². The number of aromatic nitrogens is 3. The number of rotatable bonds is 4. The van der Waals surface area contributed by atoms with Crippen LogP contribution in [-0.4, -0.2) is 39.1 Å². The van der Waals surface area contributed by atoms with Crippen LogP contribution in [0.3, 0.4) is 0 Å². The Hall–Kier alpha value is -2.11. The summed E-state index contributed by atoms with van der Waals surface area (Å²) in [5, 5.41) is 0. The molecule has 0 radical (unpaired) electrons. The van der Waals surface area contributed by atoms with E-state index in [-0.39, 0.29) is 25.3 Å². The molecule has 19 heavy (non-hydrogen) atoms. The minimum Gasteiger partial charge on any atom is -0.371 e. The fourth-order valence-corrected chi connectivity index (χ4v) is 1.81. The Balaban J connectivity index is 2.17. The van der Waals surface area contributed by atoms with Gasteiger partial charge in [-0.05, 0) is 0 Å². The fraction of sp³-hybridized carbons (Fsp3) is 0.545. The highest BCUT2D eigenvalue weighted by Gasteiger charge is 2.29. The number of hydrogen-bond donors (Lipinski definition) is 0. The summed E-state index contributed by atoms with van der Waals surface area (Å²) < 4.78 is 12.4. The molecule has 2 atom stereocenters. The van der Waals surface area contributed by atoms with E-state index in [0.29, 0.717) is 17.8 Å². The van der Waals surface area contributed by atoms with Gasteiger partial charge in [0.2, 0.25) is 0 Å². The van der Waals surface area contributed by atoms with Crippen LogP contribution in [-0.2, 0) is 22.6 Å². The Bertz CT molecular complexity index is 674. The van der Waals surface area contributed by atoms with Crippen LogP contribution >= 0.6 is 0 Å². The maximum atomic E-state index is 12.1. The molecule has 0 bridgehead atoms. The minimum atomic E-state index is -0.805. The molecule has 0 saturated carbocycles. The highest BCUT2D eigenvalue weighted by atomic mass is 16.6. The Morgan fingerprint density at radius 1 is 1.00 bits per heavy atom. The van der Waals surface area contributed by atoms with E-state index in [4.69, 9.17) is 15.9 Å². The number of epoxide rings is 2. The first-order valence-electron chi connectivity index (χ1n) is 5.78. The molecule has 0 aliphatic carbocycles. The summed E-state index contributed by atoms with van der Waals surface area (Å²) in [6.07, 6.45) is 4.82. The van der Waals surface area contributed by atoms with Gasteiger partial charge in [-0.3, -0.25) is 0 Å². The van der Waals surface area contributed by atoms with Crippen molar-refractivity contribution in [2.45, 2.75) is 25.3 Å². The highest BCUT2D eigenvalue weighted by Crippen LogP contribution is 2.10. The summed E-state index contributed by atoms with van der Waals surface area (Å²) in [6.45, 7) is 1.19.